The number of hydrogen-bond acceptors (Lipinski definition) is 6. The Morgan fingerprint density at radius 1 is 1.15 bits per heavy atom. The molecule has 4 aromatic rings. The van der Waals surface area contributed by atoms with Gasteiger partial charge in [-0.3, -0.25) is 4.68 Å². The number of aryl methyl sites for hydroxylation is 2. The monoisotopic (exact) mass is 394 g/mol. The Labute approximate surface area is 155 Å². The van der Waals surface area contributed by atoms with Crippen LogP contribution in [-0.4, -0.2) is 36.0 Å². The van der Waals surface area contributed by atoms with Crippen molar-refractivity contribution in [1.29, 1.82) is 0 Å². The Morgan fingerprint density at radius 2 is 1.93 bits per heavy atom. The van der Waals surface area contributed by atoms with Crippen LogP contribution in [0.1, 0.15) is 17.1 Å². The van der Waals surface area contributed by atoms with Crippen LogP contribution >= 0.6 is 11.3 Å². The Balaban J connectivity index is 1.69. The first-order valence-electron chi connectivity index (χ1n) is 7.85. The van der Waals surface area contributed by atoms with E-state index >= 15 is 0 Å². The zero-order valence-corrected chi connectivity index (χ0v) is 15.0. The van der Waals surface area contributed by atoms with Crippen LogP contribution in [0.25, 0.3) is 15.5 Å². The van der Waals surface area contributed by atoms with Gasteiger partial charge in [-0.1, -0.05) is 29.5 Å². The maximum atomic E-state index is 12.6. The third-order valence-electron chi connectivity index (χ3n) is 3.85. The minimum atomic E-state index is -4.76. The quantitative estimate of drug-likeness (QED) is 0.531. The molecule has 3 heterocycles. The van der Waals surface area contributed by atoms with Crippen LogP contribution in [0.2, 0.25) is 0 Å². The molecular formula is C16H13F3N6OS. The number of para-hydroxylation sites is 1. The van der Waals surface area contributed by atoms with Crippen molar-refractivity contribution in [2.45, 2.75) is 19.7 Å². The van der Waals surface area contributed by atoms with E-state index < -0.39 is 6.36 Å². The van der Waals surface area contributed by atoms with Crippen molar-refractivity contribution in [3.8, 4) is 16.3 Å². The van der Waals surface area contributed by atoms with Gasteiger partial charge in [0.15, 0.2) is 10.8 Å². The molecule has 0 N–H and O–H groups in total. The molecule has 0 saturated carbocycles. The molecule has 0 fully saturated rings. The van der Waals surface area contributed by atoms with Crippen LogP contribution in [0.3, 0.4) is 0 Å². The smallest absolute Gasteiger partial charge is 0.405 e. The van der Waals surface area contributed by atoms with Gasteiger partial charge in [0.1, 0.15) is 5.75 Å². The van der Waals surface area contributed by atoms with Crippen molar-refractivity contribution in [2.75, 3.05) is 0 Å². The first-order chi connectivity index (χ1) is 12.8. The lowest BCUT2D eigenvalue weighted by molar-refractivity contribution is -0.274. The lowest BCUT2D eigenvalue weighted by atomic mass is 10.1. The minimum absolute atomic E-state index is 0.0998. The third-order valence-corrected chi connectivity index (χ3v) is 4.78. The molecule has 0 aliphatic carbocycles. The van der Waals surface area contributed by atoms with Crippen LogP contribution in [0.5, 0.6) is 5.75 Å². The number of hydrogen-bond donors (Lipinski definition) is 0. The molecule has 11 heteroatoms. The predicted molar refractivity (Wildman–Crippen MR) is 91.5 cm³/mol. The molecular weight excluding hydrogens is 381 g/mol. The van der Waals surface area contributed by atoms with Crippen molar-refractivity contribution >= 4 is 16.3 Å². The van der Waals surface area contributed by atoms with Gasteiger partial charge in [-0.2, -0.15) is 14.7 Å². The van der Waals surface area contributed by atoms with Crippen LogP contribution in [0.4, 0.5) is 13.2 Å². The normalized spacial score (nSPS) is 12.0. The third kappa shape index (κ3) is 3.50. The van der Waals surface area contributed by atoms with Crippen LogP contribution < -0.4 is 4.74 Å². The topological polar surface area (TPSA) is 70.1 Å². The van der Waals surface area contributed by atoms with Crippen molar-refractivity contribution in [3.05, 3.63) is 47.5 Å². The number of benzene rings is 1. The number of ether oxygens (including phenoxy) is 1. The Bertz CT molecular complexity index is 1110. The number of fused-ring (bicyclic) bond motifs is 1. The van der Waals surface area contributed by atoms with E-state index in [0.29, 0.717) is 21.4 Å². The molecule has 0 saturated heterocycles. The van der Waals surface area contributed by atoms with E-state index in [1.165, 1.54) is 28.0 Å². The number of alkyl halides is 3. The van der Waals surface area contributed by atoms with Gasteiger partial charge in [-0.25, -0.2) is 0 Å². The van der Waals surface area contributed by atoms with Gasteiger partial charge in [-0.05, 0) is 13.0 Å². The van der Waals surface area contributed by atoms with Gasteiger partial charge >= 0.3 is 6.36 Å². The first-order valence-corrected chi connectivity index (χ1v) is 8.67. The Hall–Kier alpha value is -2.95. The molecule has 1 aromatic carbocycles. The highest BCUT2D eigenvalue weighted by atomic mass is 32.1. The van der Waals surface area contributed by atoms with Crippen LogP contribution in [0, 0.1) is 6.92 Å². The summed E-state index contributed by atoms with van der Waals surface area (Å²) in [5.74, 6) is 0.160. The number of rotatable bonds is 4. The van der Waals surface area contributed by atoms with Gasteiger partial charge in [0, 0.05) is 25.2 Å². The van der Waals surface area contributed by atoms with Gasteiger partial charge in [0.05, 0.1) is 11.3 Å². The highest BCUT2D eigenvalue weighted by molar-refractivity contribution is 7.19. The molecule has 140 valence electrons. The summed E-state index contributed by atoms with van der Waals surface area (Å²) in [7, 11) is 1.82. The lowest BCUT2D eigenvalue weighted by Gasteiger charge is -2.12. The summed E-state index contributed by atoms with van der Waals surface area (Å²) in [4.78, 5) is 0.553. The zero-order chi connectivity index (χ0) is 19.2. The largest absolute Gasteiger partial charge is 0.573 e. The fourth-order valence-corrected chi connectivity index (χ4v) is 3.65. The van der Waals surface area contributed by atoms with Crippen LogP contribution in [0.15, 0.2) is 30.5 Å². The summed E-state index contributed by atoms with van der Waals surface area (Å²) >= 11 is 1.34. The first kappa shape index (κ1) is 17.5. The minimum Gasteiger partial charge on any atom is -0.405 e. The summed E-state index contributed by atoms with van der Waals surface area (Å²) in [6.45, 7) is 1.88. The maximum absolute atomic E-state index is 12.6. The number of nitrogens with zero attached hydrogens (tertiary/aromatic N) is 6. The van der Waals surface area contributed by atoms with E-state index in [4.69, 9.17) is 0 Å². The SMILES string of the molecule is Cc1nn(C)cc1-c1nn2c(Cc3ccccc3OC(F)(F)F)nnc2s1. The lowest BCUT2D eigenvalue weighted by Crippen LogP contribution is -2.18. The molecule has 0 amide bonds. The molecule has 0 unspecified atom stereocenters. The highest BCUT2D eigenvalue weighted by Crippen LogP contribution is 2.30. The molecule has 27 heavy (non-hydrogen) atoms. The second-order valence-electron chi connectivity index (χ2n) is 5.85. The fraction of sp³-hybridized carbons (Fsp3) is 0.250. The molecule has 3 aromatic heterocycles. The van der Waals surface area contributed by atoms with Gasteiger partial charge < -0.3 is 4.74 Å². The molecule has 0 spiro atoms. The number of aromatic nitrogens is 6. The zero-order valence-electron chi connectivity index (χ0n) is 14.2. The average Bonchev–Trinajstić information content (AvgIpc) is 3.23. The Kier molecular flexibility index (Phi) is 4.10. The average molecular weight is 394 g/mol. The molecule has 0 aliphatic rings. The van der Waals surface area contributed by atoms with E-state index in [9.17, 15) is 13.2 Å². The molecule has 0 aliphatic heterocycles. The van der Waals surface area contributed by atoms with E-state index in [0.717, 1.165) is 11.3 Å². The second-order valence-corrected chi connectivity index (χ2v) is 6.81. The van der Waals surface area contributed by atoms with Crippen molar-refractivity contribution < 1.29 is 17.9 Å². The molecule has 7 nitrogen and oxygen atoms in total. The van der Waals surface area contributed by atoms with E-state index in [1.807, 2.05) is 20.2 Å². The van der Waals surface area contributed by atoms with Gasteiger partial charge in [0.2, 0.25) is 4.96 Å². The molecule has 0 bridgehead atoms. The molecule has 0 atom stereocenters. The van der Waals surface area contributed by atoms with Crippen LogP contribution in [-0.2, 0) is 13.5 Å². The van der Waals surface area contributed by atoms with Crippen molar-refractivity contribution in [1.82, 2.24) is 29.6 Å². The van der Waals surface area contributed by atoms with E-state index in [2.05, 4.69) is 25.1 Å². The van der Waals surface area contributed by atoms with E-state index in [-0.39, 0.29) is 12.2 Å². The molecule has 4 rings (SSSR count). The Morgan fingerprint density at radius 3 is 2.63 bits per heavy atom. The second kappa shape index (κ2) is 6.34. The summed E-state index contributed by atoms with van der Waals surface area (Å²) in [6, 6.07) is 5.95. The van der Waals surface area contributed by atoms with Crippen molar-refractivity contribution in [3.63, 3.8) is 0 Å². The maximum Gasteiger partial charge on any atom is 0.573 e. The van der Waals surface area contributed by atoms with Gasteiger partial charge in [0.25, 0.3) is 0 Å². The summed E-state index contributed by atoms with van der Waals surface area (Å²) in [5, 5.41) is 17.7. The fourth-order valence-electron chi connectivity index (χ4n) is 2.73. The van der Waals surface area contributed by atoms with E-state index in [1.54, 1.807) is 16.8 Å². The standard InChI is InChI=1S/C16H13F3N6OS/c1-9-11(8-24(2)22-9)14-23-25-13(20-21-15(25)27-14)7-10-5-3-4-6-12(10)26-16(17,18)19/h3-6,8H,7H2,1-2H3. The highest BCUT2D eigenvalue weighted by Gasteiger charge is 2.32. The summed E-state index contributed by atoms with van der Waals surface area (Å²) < 4.78 is 45.2. The van der Waals surface area contributed by atoms with Gasteiger partial charge in [-0.15, -0.1) is 23.4 Å². The summed E-state index contributed by atoms with van der Waals surface area (Å²) in [5.41, 5.74) is 2.05. The molecule has 0 radical (unpaired) electrons. The number of halogens is 3. The van der Waals surface area contributed by atoms with Crippen molar-refractivity contribution in [2.24, 2.45) is 7.05 Å². The summed E-state index contributed by atoms with van der Waals surface area (Å²) in [6.07, 6.45) is -2.81. The predicted octanol–water partition coefficient (Wildman–Crippen LogP) is 3.38.